The van der Waals surface area contributed by atoms with Gasteiger partial charge in [0.2, 0.25) is 0 Å². The fourth-order valence-corrected chi connectivity index (χ4v) is 2.86. The zero-order valence-corrected chi connectivity index (χ0v) is 11.8. The predicted octanol–water partition coefficient (Wildman–Crippen LogP) is 2.37. The van der Waals surface area contributed by atoms with E-state index in [-0.39, 0.29) is 16.4 Å². The Balaban J connectivity index is 2.41. The van der Waals surface area contributed by atoms with Crippen LogP contribution in [-0.2, 0) is 10.0 Å². The van der Waals surface area contributed by atoms with Crippen LogP contribution in [0.15, 0.2) is 41.4 Å². The first-order valence-corrected chi connectivity index (χ1v) is 7.33. The van der Waals surface area contributed by atoms with Crippen LogP contribution in [-0.4, -0.2) is 24.5 Å². The number of benzene rings is 1. The first-order chi connectivity index (χ1) is 9.81. The molecule has 1 heterocycles. The van der Waals surface area contributed by atoms with Crippen LogP contribution in [0.2, 0.25) is 5.15 Å². The molecule has 0 aliphatic carbocycles. The molecule has 2 N–H and O–H groups in total. The maximum absolute atomic E-state index is 13.8. The van der Waals surface area contributed by atoms with Gasteiger partial charge < -0.3 is 5.11 Å². The molecule has 0 amide bonds. The molecule has 2 rings (SSSR count). The van der Waals surface area contributed by atoms with Crippen LogP contribution in [0.3, 0.4) is 0 Å². The Morgan fingerprint density at radius 2 is 2.05 bits per heavy atom. The predicted molar refractivity (Wildman–Crippen MR) is 73.4 cm³/mol. The van der Waals surface area contributed by atoms with E-state index < -0.39 is 26.7 Å². The molecule has 6 nitrogen and oxygen atoms in total. The normalized spacial score (nSPS) is 11.1. The topological polar surface area (TPSA) is 96.4 Å². The number of nitrogens with one attached hydrogen (secondary N) is 1. The molecule has 110 valence electrons. The lowest BCUT2D eigenvalue weighted by Crippen LogP contribution is -2.15. The highest BCUT2D eigenvalue weighted by atomic mass is 35.5. The molecule has 0 saturated carbocycles. The molecule has 0 fully saturated rings. The Morgan fingerprint density at radius 3 is 2.62 bits per heavy atom. The van der Waals surface area contributed by atoms with Gasteiger partial charge in [-0.2, -0.15) is 0 Å². The van der Waals surface area contributed by atoms with Crippen molar-refractivity contribution in [2.75, 3.05) is 4.72 Å². The van der Waals surface area contributed by atoms with E-state index in [4.69, 9.17) is 16.7 Å². The summed E-state index contributed by atoms with van der Waals surface area (Å²) in [7, 11) is -4.25. The van der Waals surface area contributed by atoms with Gasteiger partial charge in [-0.15, -0.1) is 0 Å². The highest BCUT2D eigenvalue weighted by Crippen LogP contribution is 2.23. The van der Waals surface area contributed by atoms with E-state index >= 15 is 0 Å². The van der Waals surface area contributed by atoms with Crippen LogP contribution >= 0.6 is 11.6 Å². The van der Waals surface area contributed by atoms with Crippen molar-refractivity contribution in [2.24, 2.45) is 0 Å². The molecule has 21 heavy (non-hydrogen) atoms. The van der Waals surface area contributed by atoms with Crippen molar-refractivity contribution in [1.82, 2.24) is 4.98 Å². The first-order valence-electron chi connectivity index (χ1n) is 5.47. The number of nitrogens with zero attached hydrogens (tertiary/aromatic N) is 1. The third kappa shape index (κ3) is 3.29. The third-order valence-electron chi connectivity index (χ3n) is 2.47. The number of anilines is 1. The summed E-state index contributed by atoms with van der Waals surface area (Å²) in [5.41, 5.74) is -0.369. The molecular formula is C12H8ClFN2O4S. The Bertz CT molecular complexity index is 811. The number of sulfonamides is 1. The Labute approximate surface area is 124 Å². The summed E-state index contributed by atoms with van der Waals surface area (Å²) in [6, 6.07) is 5.29. The van der Waals surface area contributed by atoms with Crippen molar-refractivity contribution >= 4 is 33.3 Å². The lowest BCUT2D eigenvalue weighted by molar-refractivity contribution is 0.0696. The van der Waals surface area contributed by atoms with E-state index in [1.165, 1.54) is 18.3 Å². The molecule has 0 unspecified atom stereocenters. The smallest absolute Gasteiger partial charge is 0.335 e. The number of aromatic nitrogens is 1. The van der Waals surface area contributed by atoms with E-state index in [9.17, 15) is 17.6 Å². The number of carboxylic acids is 1. The number of hydrogen-bond acceptors (Lipinski definition) is 4. The van der Waals surface area contributed by atoms with Gasteiger partial charge in [0, 0.05) is 6.20 Å². The van der Waals surface area contributed by atoms with Gasteiger partial charge in [-0.3, -0.25) is 4.72 Å². The second-order valence-electron chi connectivity index (χ2n) is 3.90. The van der Waals surface area contributed by atoms with Gasteiger partial charge in [0.05, 0.1) is 11.3 Å². The quantitative estimate of drug-likeness (QED) is 0.839. The van der Waals surface area contributed by atoms with Crippen molar-refractivity contribution in [1.29, 1.82) is 0 Å². The molecule has 1 aromatic heterocycles. The number of pyridine rings is 1. The number of hydrogen-bond donors (Lipinski definition) is 2. The van der Waals surface area contributed by atoms with Gasteiger partial charge >= 0.3 is 5.97 Å². The van der Waals surface area contributed by atoms with Crippen LogP contribution in [0.4, 0.5) is 10.1 Å². The standard InChI is InChI=1S/C12H8ClFN2O4S/c13-11-9(2-1-5-15-11)16-21(19,20)10-4-3-7(12(17)18)6-8(10)14/h1-6,16H,(H,17,18). The maximum atomic E-state index is 13.8. The van der Waals surface area contributed by atoms with Crippen LogP contribution in [0.1, 0.15) is 10.4 Å². The first kappa shape index (κ1) is 15.2. The largest absolute Gasteiger partial charge is 0.478 e. The summed E-state index contributed by atoms with van der Waals surface area (Å²) in [5, 5.41) is 8.62. The number of rotatable bonds is 4. The van der Waals surface area contributed by atoms with Crippen LogP contribution in [0.5, 0.6) is 0 Å². The van der Waals surface area contributed by atoms with Crippen molar-refractivity contribution in [3.63, 3.8) is 0 Å². The summed E-state index contributed by atoms with van der Waals surface area (Å²) in [6.07, 6.45) is 1.36. The molecule has 0 aliphatic rings. The Morgan fingerprint density at radius 1 is 1.33 bits per heavy atom. The zero-order chi connectivity index (χ0) is 15.6. The number of carbonyl (C=O) groups is 1. The average molecular weight is 331 g/mol. The van der Waals surface area contributed by atoms with E-state index in [0.717, 1.165) is 12.1 Å². The summed E-state index contributed by atoms with van der Waals surface area (Å²) in [5.74, 6) is -2.54. The highest BCUT2D eigenvalue weighted by Gasteiger charge is 2.21. The fourth-order valence-electron chi connectivity index (χ4n) is 1.51. The number of halogens is 2. The second-order valence-corrected chi connectivity index (χ2v) is 5.91. The van der Waals surface area contributed by atoms with Crippen molar-refractivity contribution in [3.05, 3.63) is 53.1 Å². The fraction of sp³-hybridized carbons (Fsp3) is 0. The summed E-state index contributed by atoms with van der Waals surface area (Å²) in [4.78, 5) is 13.7. The van der Waals surface area contributed by atoms with E-state index in [2.05, 4.69) is 9.71 Å². The Hall–Kier alpha value is -2.19. The molecular weight excluding hydrogens is 323 g/mol. The van der Waals surface area contributed by atoms with E-state index in [1.54, 1.807) is 0 Å². The SMILES string of the molecule is O=C(O)c1ccc(S(=O)(=O)Nc2cccnc2Cl)c(F)c1. The van der Waals surface area contributed by atoms with Gasteiger partial charge in [-0.05, 0) is 30.3 Å². The molecule has 0 aliphatic heterocycles. The molecule has 0 saturated heterocycles. The second kappa shape index (κ2) is 5.66. The third-order valence-corrected chi connectivity index (χ3v) is 4.17. The molecule has 2 aromatic rings. The van der Waals surface area contributed by atoms with Gasteiger partial charge in [0.15, 0.2) is 5.15 Å². The van der Waals surface area contributed by atoms with Crippen molar-refractivity contribution < 1.29 is 22.7 Å². The molecule has 0 atom stereocenters. The lowest BCUT2D eigenvalue weighted by Gasteiger charge is -2.10. The number of aromatic carboxylic acids is 1. The Kier molecular flexibility index (Phi) is 4.10. The summed E-state index contributed by atoms with van der Waals surface area (Å²) < 4.78 is 40.0. The molecule has 1 aromatic carbocycles. The minimum Gasteiger partial charge on any atom is -0.478 e. The van der Waals surface area contributed by atoms with Crippen LogP contribution in [0.25, 0.3) is 0 Å². The summed E-state index contributed by atoms with van der Waals surface area (Å²) in [6.45, 7) is 0. The monoisotopic (exact) mass is 330 g/mol. The molecule has 0 spiro atoms. The molecule has 9 heteroatoms. The van der Waals surface area contributed by atoms with Crippen molar-refractivity contribution in [3.8, 4) is 0 Å². The average Bonchev–Trinajstić information content (AvgIpc) is 2.40. The van der Waals surface area contributed by atoms with Gasteiger partial charge in [-0.25, -0.2) is 22.6 Å². The van der Waals surface area contributed by atoms with Crippen LogP contribution in [0, 0.1) is 5.82 Å². The van der Waals surface area contributed by atoms with E-state index in [1.807, 2.05) is 0 Å². The maximum Gasteiger partial charge on any atom is 0.335 e. The van der Waals surface area contributed by atoms with Gasteiger partial charge in [0.1, 0.15) is 10.7 Å². The minimum absolute atomic E-state index is 0.0131. The lowest BCUT2D eigenvalue weighted by atomic mass is 10.2. The van der Waals surface area contributed by atoms with Gasteiger partial charge in [-0.1, -0.05) is 11.6 Å². The number of carboxylic acid groups (broad SMARTS) is 1. The molecule has 0 radical (unpaired) electrons. The highest BCUT2D eigenvalue weighted by molar-refractivity contribution is 7.92. The van der Waals surface area contributed by atoms with Gasteiger partial charge in [0.25, 0.3) is 10.0 Å². The summed E-state index contributed by atoms with van der Waals surface area (Å²) >= 11 is 5.71. The zero-order valence-electron chi connectivity index (χ0n) is 10.2. The van der Waals surface area contributed by atoms with Crippen LogP contribution < -0.4 is 4.72 Å². The van der Waals surface area contributed by atoms with Crippen molar-refractivity contribution in [2.45, 2.75) is 4.90 Å². The minimum atomic E-state index is -4.25. The van der Waals surface area contributed by atoms with E-state index in [0.29, 0.717) is 6.07 Å². The molecule has 0 bridgehead atoms.